The molecule has 0 N–H and O–H groups in total. The van der Waals surface area contributed by atoms with Crippen LogP contribution < -0.4 is 24.4 Å². The number of benzene rings is 5. The number of carbonyl (C=O) groups is 1. The molecule has 1 atom stereocenters. The molecule has 0 unspecified atom stereocenters. The van der Waals surface area contributed by atoms with Gasteiger partial charge in [-0.15, -0.1) is 0 Å². The summed E-state index contributed by atoms with van der Waals surface area (Å²) in [6.45, 7) is 2.12. The van der Waals surface area contributed by atoms with Crippen LogP contribution in [0, 0.1) is 5.82 Å². The van der Waals surface area contributed by atoms with Crippen LogP contribution in [-0.4, -0.2) is 24.3 Å². The molecule has 0 fully saturated rings. The van der Waals surface area contributed by atoms with Crippen LogP contribution in [0.25, 0.3) is 22.5 Å². The summed E-state index contributed by atoms with van der Waals surface area (Å²) in [5.41, 5.74) is 3.09. The van der Waals surface area contributed by atoms with E-state index in [4.69, 9.17) is 19.2 Å². The summed E-state index contributed by atoms with van der Waals surface area (Å²) in [5, 5.41) is 2.19. The molecule has 1 aromatic heterocycles. The molecule has 1 aliphatic heterocycles. The maximum atomic E-state index is 14.4. The number of methoxy groups -OCH3 is 1. The van der Waals surface area contributed by atoms with E-state index in [1.165, 1.54) is 28.0 Å². The molecular formula is C40H31FN2O5S. The Morgan fingerprint density at radius 3 is 2.43 bits per heavy atom. The van der Waals surface area contributed by atoms with E-state index in [0.29, 0.717) is 43.2 Å². The van der Waals surface area contributed by atoms with E-state index in [1.807, 2.05) is 72.8 Å². The fourth-order valence-corrected chi connectivity index (χ4v) is 7.06. The summed E-state index contributed by atoms with van der Waals surface area (Å²) < 4.78 is 33.6. The Labute approximate surface area is 285 Å². The van der Waals surface area contributed by atoms with Crippen LogP contribution >= 0.6 is 11.3 Å². The molecule has 0 radical (unpaired) electrons. The summed E-state index contributed by atoms with van der Waals surface area (Å²) >= 11 is 1.19. The first-order valence-corrected chi connectivity index (χ1v) is 16.6. The molecule has 7 rings (SSSR count). The lowest BCUT2D eigenvalue weighted by Crippen LogP contribution is -2.40. The fourth-order valence-electron chi connectivity index (χ4n) is 6.07. The molecule has 0 amide bonds. The number of carbonyl (C=O) groups excluding carboxylic acids is 1. The number of esters is 1. The number of hydrogen-bond acceptors (Lipinski definition) is 7. The van der Waals surface area contributed by atoms with Crippen molar-refractivity contribution >= 4 is 39.9 Å². The SMILES string of the molecule is CCOC(=O)C1=C(c2ccccc2)N=c2s/c(=C\c3cccc(OC)c3OCc3cccc4ccccc34)c(=O)n2[C@H]1c1ccc(F)cc1. The van der Waals surface area contributed by atoms with Gasteiger partial charge in [0, 0.05) is 11.1 Å². The molecule has 0 aliphatic carbocycles. The number of halogens is 1. The van der Waals surface area contributed by atoms with Crippen molar-refractivity contribution in [2.75, 3.05) is 13.7 Å². The van der Waals surface area contributed by atoms with Crippen molar-refractivity contribution in [3.63, 3.8) is 0 Å². The van der Waals surface area contributed by atoms with Crippen LogP contribution in [0.2, 0.25) is 0 Å². The minimum atomic E-state index is -0.916. The van der Waals surface area contributed by atoms with Gasteiger partial charge in [0.1, 0.15) is 12.4 Å². The number of nitrogens with zero attached hydrogens (tertiary/aromatic N) is 2. The van der Waals surface area contributed by atoms with Crippen LogP contribution in [0.4, 0.5) is 4.39 Å². The second-order valence-corrected chi connectivity index (χ2v) is 12.3. The molecule has 6 aromatic rings. The van der Waals surface area contributed by atoms with Gasteiger partial charge in [-0.05, 0) is 53.1 Å². The zero-order valence-corrected chi connectivity index (χ0v) is 27.6. The van der Waals surface area contributed by atoms with E-state index in [-0.39, 0.29) is 24.3 Å². The Hall–Kier alpha value is -5.80. The van der Waals surface area contributed by atoms with E-state index in [1.54, 1.807) is 32.2 Å². The minimum Gasteiger partial charge on any atom is -0.493 e. The summed E-state index contributed by atoms with van der Waals surface area (Å²) in [6.07, 6.45) is 1.75. The van der Waals surface area contributed by atoms with Gasteiger partial charge in [-0.2, -0.15) is 0 Å². The van der Waals surface area contributed by atoms with Gasteiger partial charge in [0.15, 0.2) is 16.3 Å². The molecule has 244 valence electrons. The number of fused-ring (bicyclic) bond motifs is 2. The molecule has 0 spiro atoms. The monoisotopic (exact) mass is 670 g/mol. The lowest BCUT2D eigenvalue weighted by molar-refractivity contribution is -0.138. The lowest BCUT2D eigenvalue weighted by atomic mass is 9.93. The maximum absolute atomic E-state index is 14.4. The Morgan fingerprint density at radius 1 is 0.918 bits per heavy atom. The third kappa shape index (κ3) is 6.16. The normalized spacial score (nSPS) is 14.3. The number of para-hydroxylation sites is 1. The van der Waals surface area contributed by atoms with E-state index in [0.717, 1.165) is 16.3 Å². The van der Waals surface area contributed by atoms with Gasteiger partial charge >= 0.3 is 5.97 Å². The first kappa shape index (κ1) is 31.8. The number of hydrogen-bond donors (Lipinski definition) is 0. The van der Waals surface area contributed by atoms with Crippen LogP contribution in [-0.2, 0) is 16.1 Å². The lowest BCUT2D eigenvalue weighted by Gasteiger charge is -2.25. The molecule has 2 heterocycles. The van der Waals surface area contributed by atoms with Crippen molar-refractivity contribution < 1.29 is 23.4 Å². The molecule has 0 bridgehead atoms. The van der Waals surface area contributed by atoms with Gasteiger partial charge in [-0.25, -0.2) is 14.2 Å². The van der Waals surface area contributed by atoms with Crippen LogP contribution in [0.3, 0.4) is 0 Å². The van der Waals surface area contributed by atoms with Crippen molar-refractivity contribution in [1.82, 2.24) is 4.57 Å². The number of ether oxygens (including phenoxy) is 3. The van der Waals surface area contributed by atoms with E-state index < -0.39 is 17.8 Å². The molecule has 0 saturated carbocycles. The number of rotatable bonds is 9. The van der Waals surface area contributed by atoms with Crippen molar-refractivity contribution in [3.8, 4) is 11.5 Å². The van der Waals surface area contributed by atoms with Gasteiger partial charge in [0.2, 0.25) is 0 Å². The molecular weight excluding hydrogens is 640 g/mol. The zero-order valence-electron chi connectivity index (χ0n) is 26.8. The first-order valence-electron chi connectivity index (χ1n) is 15.8. The van der Waals surface area contributed by atoms with Gasteiger partial charge < -0.3 is 14.2 Å². The Balaban J connectivity index is 1.39. The standard InChI is InChI=1S/C40H31FN2O5S/c1-3-47-39(45)34-35(26-12-5-4-6-13-26)42-40-43(36(34)27-19-21-30(41)22-20-27)38(44)33(49-40)23-28-15-10-18-32(46-2)37(28)48-24-29-16-9-14-25-11-7-8-17-31(25)29/h4-23,36H,3,24H2,1-2H3/b33-23-/t36-/m0/s1. The molecule has 5 aromatic carbocycles. The Morgan fingerprint density at radius 2 is 1.65 bits per heavy atom. The number of aromatic nitrogens is 1. The predicted molar refractivity (Wildman–Crippen MR) is 189 cm³/mol. The van der Waals surface area contributed by atoms with Crippen LogP contribution in [0.5, 0.6) is 11.5 Å². The van der Waals surface area contributed by atoms with Crippen molar-refractivity contribution in [3.05, 3.63) is 169 Å². The molecule has 1 aliphatic rings. The summed E-state index contributed by atoms with van der Waals surface area (Å²) in [7, 11) is 1.57. The summed E-state index contributed by atoms with van der Waals surface area (Å²) in [5.74, 6) is -0.0428. The van der Waals surface area contributed by atoms with E-state index in [2.05, 4.69) is 18.2 Å². The highest BCUT2D eigenvalue weighted by molar-refractivity contribution is 7.07. The Bertz CT molecular complexity index is 2390. The average molecular weight is 671 g/mol. The van der Waals surface area contributed by atoms with E-state index >= 15 is 0 Å². The van der Waals surface area contributed by atoms with Gasteiger partial charge in [0.25, 0.3) is 5.56 Å². The smallest absolute Gasteiger partial charge is 0.338 e. The quantitative estimate of drug-likeness (QED) is 0.158. The van der Waals surface area contributed by atoms with Crippen molar-refractivity contribution in [2.45, 2.75) is 19.6 Å². The number of thiazole rings is 1. The molecule has 7 nitrogen and oxygen atoms in total. The topological polar surface area (TPSA) is 79.1 Å². The first-order chi connectivity index (χ1) is 24.0. The molecule has 49 heavy (non-hydrogen) atoms. The third-order valence-electron chi connectivity index (χ3n) is 8.33. The van der Waals surface area contributed by atoms with Crippen LogP contribution in [0.15, 0.2) is 131 Å². The van der Waals surface area contributed by atoms with Crippen molar-refractivity contribution in [2.24, 2.45) is 4.99 Å². The van der Waals surface area contributed by atoms with Crippen molar-refractivity contribution in [1.29, 1.82) is 0 Å². The van der Waals surface area contributed by atoms with Crippen LogP contribution in [0.1, 0.15) is 35.2 Å². The average Bonchev–Trinajstić information content (AvgIpc) is 3.44. The second-order valence-electron chi connectivity index (χ2n) is 11.3. The second kappa shape index (κ2) is 13.7. The highest BCUT2D eigenvalue weighted by Crippen LogP contribution is 2.36. The summed E-state index contributed by atoms with van der Waals surface area (Å²) in [6, 6.07) is 33.8. The van der Waals surface area contributed by atoms with E-state index in [9.17, 15) is 14.0 Å². The van der Waals surface area contributed by atoms with Gasteiger partial charge in [-0.1, -0.05) is 108 Å². The highest BCUT2D eigenvalue weighted by atomic mass is 32.1. The third-order valence-corrected chi connectivity index (χ3v) is 9.31. The molecule has 9 heteroatoms. The zero-order chi connectivity index (χ0) is 33.9. The Kier molecular flexibility index (Phi) is 8.91. The predicted octanol–water partition coefficient (Wildman–Crippen LogP) is 6.82. The fraction of sp³-hybridized carbons (Fsp3) is 0.125. The highest BCUT2D eigenvalue weighted by Gasteiger charge is 2.35. The largest absolute Gasteiger partial charge is 0.493 e. The van der Waals surface area contributed by atoms with Gasteiger partial charge in [-0.3, -0.25) is 9.36 Å². The van der Waals surface area contributed by atoms with Gasteiger partial charge in [0.05, 0.1) is 35.6 Å². The maximum Gasteiger partial charge on any atom is 0.338 e. The summed E-state index contributed by atoms with van der Waals surface area (Å²) in [4.78, 5) is 33.3. The minimum absolute atomic E-state index is 0.127. The molecule has 0 saturated heterocycles.